The first-order valence-electron chi connectivity index (χ1n) is 10.8. The average molecular weight is 433 g/mol. The number of nitrogens with one attached hydrogen (secondary N) is 2. The molecule has 2 aromatic heterocycles. The zero-order valence-corrected chi connectivity index (χ0v) is 18.7. The van der Waals surface area contributed by atoms with E-state index in [0.717, 1.165) is 47.4 Å². The predicted octanol–water partition coefficient (Wildman–Crippen LogP) is 2.78. The van der Waals surface area contributed by atoms with Crippen molar-refractivity contribution in [1.29, 1.82) is 5.41 Å². The van der Waals surface area contributed by atoms with Gasteiger partial charge in [0.15, 0.2) is 0 Å². The molecule has 8 nitrogen and oxygen atoms in total. The molecular weight excluding hydrogens is 404 g/mol. The number of nitrogens with zero attached hydrogens (tertiary/aromatic N) is 4. The fourth-order valence-corrected chi connectivity index (χ4v) is 4.09. The van der Waals surface area contributed by atoms with Gasteiger partial charge in [0, 0.05) is 37.8 Å². The van der Waals surface area contributed by atoms with Crippen LogP contribution < -0.4 is 10.9 Å². The van der Waals surface area contributed by atoms with Crippen LogP contribution in [-0.2, 0) is 17.7 Å². The van der Waals surface area contributed by atoms with Gasteiger partial charge in [0.2, 0.25) is 0 Å². The van der Waals surface area contributed by atoms with Crippen molar-refractivity contribution in [3.05, 3.63) is 68.9 Å². The van der Waals surface area contributed by atoms with Gasteiger partial charge in [0.25, 0.3) is 5.56 Å². The number of allylic oxidation sites excluding steroid dienone is 1. The normalized spacial score (nSPS) is 16.5. The topological polar surface area (TPSA) is 106 Å². The van der Waals surface area contributed by atoms with Gasteiger partial charge < -0.3 is 15.5 Å². The van der Waals surface area contributed by atoms with Crippen molar-refractivity contribution in [2.75, 3.05) is 13.7 Å². The van der Waals surface area contributed by atoms with E-state index >= 15 is 0 Å². The molecule has 0 aliphatic carbocycles. The van der Waals surface area contributed by atoms with Crippen molar-refractivity contribution >= 4 is 22.7 Å². The van der Waals surface area contributed by atoms with Crippen molar-refractivity contribution in [2.24, 2.45) is 0 Å². The summed E-state index contributed by atoms with van der Waals surface area (Å²) in [5.41, 5.74) is 6.14. The lowest BCUT2D eigenvalue weighted by Gasteiger charge is -2.14. The fourth-order valence-electron chi connectivity index (χ4n) is 4.09. The third-order valence-electron chi connectivity index (χ3n) is 6.06. The molecule has 3 heterocycles. The average Bonchev–Trinajstić information content (AvgIpc) is 3.31. The van der Waals surface area contributed by atoms with E-state index in [0.29, 0.717) is 29.4 Å². The molecule has 1 fully saturated rings. The van der Waals surface area contributed by atoms with Gasteiger partial charge in [0.05, 0.1) is 23.7 Å². The summed E-state index contributed by atoms with van der Waals surface area (Å²) in [6.45, 7) is 5.21. The van der Waals surface area contributed by atoms with Crippen LogP contribution >= 0.6 is 0 Å². The summed E-state index contributed by atoms with van der Waals surface area (Å²) in [6.07, 6.45) is 7.48. The van der Waals surface area contributed by atoms with Crippen LogP contribution in [0.4, 0.5) is 0 Å². The summed E-state index contributed by atoms with van der Waals surface area (Å²) in [5, 5.41) is 19.6. The number of pyridine rings is 1. The minimum absolute atomic E-state index is 0.0258. The molecule has 1 unspecified atom stereocenters. The van der Waals surface area contributed by atoms with E-state index in [-0.39, 0.29) is 11.7 Å². The maximum absolute atomic E-state index is 13.2. The molecule has 2 N–H and O–H groups in total. The Bertz CT molecular complexity index is 1220. The lowest BCUT2D eigenvalue weighted by atomic mass is 9.95. The molecule has 0 bridgehead atoms. The summed E-state index contributed by atoms with van der Waals surface area (Å²) in [5.74, 6) is 0. The van der Waals surface area contributed by atoms with E-state index in [9.17, 15) is 4.79 Å². The minimum Gasteiger partial charge on any atom is -0.393 e. The van der Waals surface area contributed by atoms with Crippen LogP contribution in [0, 0.1) is 19.3 Å². The molecule has 32 heavy (non-hydrogen) atoms. The summed E-state index contributed by atoms with van der Waals surface area (Å²) in [6, 6.07) is 5.86. The third-order valence-corrected chi connectivity index (χ3v) is 6.06. The highest BCUT2D eigenvalue weighted by atomic mass is 16.5. The van der Waals surface area contributed by atoms with Crippen LogP contribution in [0.2, 0.25) is 0 Å². The van der Waals surface area contributed by atoms with E-state index < -0.39 is 0 Å². The molecule has 1 saturated heterocycles. The SMILES string of the molecule is CN/C=C(\C=N)c1ccc(Cc2cc3c(=O)n(CC4CCCO4)nnc3c(C)c2C)cn1. The lowest BCUT2D eigenvalue weighted by Crippen LogP contribution is -2.30. The Hall–Kier alpha value is -3.39. The Balaban J connectivity index is 1.67. The molecule has 4 rings (SSSR count). The van der Waals surface area contributed by atoms with Crippen LogP contribution in [-0.4, -0.2) is 46.0 Å². The molecule has 1 atom stereocenters. The predicted molar refractivity (Wildman–Crippen MR) is 125 cm³/mol. The van der Waals surface area contributed by atoms with Crippen LogP contribution in [0.3, 0.4) is 0 Å². The number of aromatic nitrogens is 4. The first-order valence-corrected chi connectivity index (χ1v) is 10.8. The maximum Gasteiger partial charge on any atom is 0.277 e. The molecule has 0 amide bonds. The quantitative estimate of drug-likeness (QED) is 0.556. The molecule has 3 aromatic rings. The van der Waals surface area contributed by atoms with Crippen molar-refractivity contribution in [3.63, 3.8) is 0 Å². The Labute approximate surface area is 186 Å². The molecule has 8 heteroatoms. The van der Waals surface area contributed by atoms with Crippen molar-refractivity contribution in [2.45, 2.75) is 45.8 Å². The van der Waals surface area contributed by atoms with Gasteiger partial charge in [-0.15, -0.1) is 5.10 Å². The molecule has 0 radical (unpaired) electrons. The summed E-state index contributed by atoms with van der Waals surface area (Å²) >= 11 is 0. The third kappa shape index (κ3) is 4.31. The fraction of sp³-hybridized carbons (Fsp3) is 0.375. The number of rotatable bonds is 7. The highest BCUT2D eigenvalue weighted by Crippen LogP contribution is 2.24. The monoisotopic (exact) mass is 432 g/mol. The molecule has 1 aromatic carbocycles. The molecule has 1 aliphatic rings. The smallest absolute Gasteiger partial charge is 0.277 e. The van der Waals surface area contributed by atoms with Gasteiger partial charge in [-0.25, -0.2) is 4.68 Å². The molecule has 0 saturated carbocycles. The van der Waals surface area contributed by atoms with E-state index in [4.69, 9.17) is 10.1 Å². The van der Waals surface area contributed by atoms with Gasteiger partial charge in [0.1, 0.15) is 5.52 Å². The Morgan fingerprint density at radius 2 is 2.19 bits per heavy atom. The van der Waals surface area contributed by atoms with Gasteiger partial charge in [-0.3, -0.25) is 9.78 Å². The molecule has 166 valence electrons. The van der Waals surface area contributed by atoms with E-state index in [2.05, 4.69) is 20.6 Å². The van der Waals surface area contributed by atoms with Crippen LogP contribution in [0.5, 0.6) is 0 Å². The first kappa shape index (κ1) is 21.8. The van der Waals surface area contributed by atoms with Crippen molar-refractivity contribution in [3.8, 4) is 0 Å². The number of ether oxygens (including phenoxy) is 1. The van der Waals surface area contributed by atoms with E-state index in [1.807, 2.05) is 38.2 Å². The largest absolute Gasteiger partial charge is 0.393 e. The molecule has 0 spiro atoms. The highest BCUT2D eigenvalue weighted by Gasteiger charge is 2.19. The van der Waals surface area contributed by atoms with Crippen molar-refractivity contribution in [1.82, 2.24) is 25.3 Å². The Morgan fingerprint density at radius 3 is 2.84 bits per heavy atom. The zero-order chi connectivity index (χ0) is 22.7. The minimum atomic E-state index is -0.129. The number of aryl methyl sites for hydroxylation is 1. The second-order valence-electron chi connectivity index (χ2n) is 8.15. The lowest BCUT2D eigenvalue weighted by molar-refractivity contribution is 0.0920. The molecular formula is C24H28N6O2. The summed E-state index contributed by atoms with van der Waals surface area (Å²) in [7, 11) is 1.79. The zero-order valence-electron chi connectivity index (χ0n) is 18.7. The number of hydrogen-bond donors (Lipinski definition) is 2. The number of benzene rings is 1. The van der Waals surface area contributed by atoms with Gasteiger partial charge in [-0.2, -0.15) is 0 Å². The molecule has 1 aliphatic heterocycles. The highest BCUT2D eigenvalue weighted by molar-refractivity contribution is 6.07. The first-order chi connectivity index (χ1) is 15.5. The van der Waals surface area contributed by atoms with Crippen LogP contribution in [0.1, 0.15) is 40.8 Å². The van der Waals surface area contributed by atoms with Crippen LogP contribution in [0.15, 0.2) is 35.4 Å². The van der Waals surface area contributed by atoms with Crippen LogP contribution in [0.25, 0.3) is 16.5 Å². The van der Waals surface area contributed by atoms with Gasteiger partial charge in [-0.05, 0) is 67.5 Å². The van der Waals surface area contributed by atoms with Gasteiger partial charge >= 0.3 is 0 Å². The summed E-state index contributed by atoms with van der Waals surface area (Å²) < 4.78 is 7.09. The number of fused-ring (bicyclic) bond motifs is 1. The second kappa shape index (κ2) is 9.40. The number of hydrogen-bond acceptors (Lipinski definition) is 7. The Morgan fingerprint density at radius 1 is 1.34 bits per heavy atom. The van der Waals surface area contributed by atoms with Crippen molar-refractivity contribution < 1.29 is 4.74 Å². The van der Waals surface area contributed by atoms with E-state index in [1.165, 1.54) is 10.9 Å². The standard InChI is InChI=1S/C24H28N6O2/c1-15-16(2)23-21(24(31)30(29-28-23)14-20-5-4-8-32-20)10-18(15)9-17-6-7-22(27-12-17)19(11-25)13-26-3/h6-7,10-13,20,25-26H,4-5,8-9,14H2,1-3H3/b19-13+,25-11?. The maximum atomic E-state index is 13.2. The summed E-state index contributed by atoms with van der Waals surface area (Å²) in [4.78, 5) is 17.7. The Kier molecular flexibility index (Phi) is 6.41. The van der Waals surface area contributed by atoms with Gasteiger partial charge in [-0.1, -0.05) is 11.3 Å². The second-order valence-corrected chi connectivity index (χ2v) is 8.15. The van der Waals surface area contributed by atoms with E-state index in [1.54, 1.807) is 13.2 Å².